The van der Waals surface area contributed by atoms with E-state index in [1.54, 1.807) is 0 Å². The SMILES string of the molecule is OCC1(O)OOCCC1O. The van der Waals surface area contributed by atoms with Crippen LogP contribution in [0.25, 0.3) is 0 Å². The van der Waals surface area contributed by atoms with Crippen molar-refractivity contribution in [3.05, 3.63) is 0 Å². The zero-order valence-corrected chi connectivity index (χ0v) is 5.36. The topological polar surface area (TPSA) is 79.2 Å². The summed E-state index contributed by atoms with van der Waals surface area (Å²) < 4.78 is 0. The summed E-state index contributed by atoms with van der Waals surface area (Å²) in [7, 11) is 0. The molecule has 60 valence electrons. The molecule has 1 rings (SSSR count). The van der Waals surface area contributed by atoms with Crippen molar-refractivity contribution < 1.29 is 25.1 Å². The summed E-state index contributed by atoms with van der Waals surface area (Å²) in [6.45, 7) is -0.447. The molecule has 0 amide bonds. The second-order valence-corrected chi connectivity index (χ2v) is 2.21. The lowest BCUT2D eigenvalue weighted by molar-refractivity contribution is -0.467. The highest BCUT2D eigenvalue weighted by Gasteiger charge is 2.40. The van der Waals surface area contributed by atoms with E-state index in [9.17, 15) is 0 Å². The highest BCUT2D eigenvalue weighted by Crippen LogP contribution is 2.19. The first-order chi connectivity index (χ1) is 4.69. The fourth-order valence-electron chi connectivity index (χ4n) is 0.716. The maximum Gasteiger partial charge on any atom is 0.248 e. The van der Waals surface area contributed by atoms with Gasteiger partial charge >= 0.3 is 0 Å². The van der Waals surface area contributed by atoms with E-state index < -0.39 is 18.5 Å². The Bertz CT molecular complexity index is 117. The van der Waals surface area contributed by atoms with Gasteiger partial charge in [0, 0.05) is 6.42 Å². The third-order valence-corrected chi connectivity index (χ3v) is 1.43. The molecule has 10 heavy (non-hydrogen) atoms. The number of rotatable bonds is 1. The van der Waals surface area contributed by atoms with Crippen LogP contribution < -0.4 is 0 Å². The quantitative estimate of drug-likeness (QED) is 0.391. The van der Waals surface area contributed by atoms with Crippen LogP contribution in [0, 0.1) is 0 Å². The van der Waals surface area contributed by atoms with Crippen molar-refractivity contribution in [1.82, 2.24) is 0 Å². The normalized spacial score (nSPS) is 41.7. The smallest absolute Gasteiger partial charge is 0.248 e. The fraction of sp³-hybridized carbons (Fsp3) is 1.00. The van der Waals surface area contributed by atoms with Gasteiger partial charge < -0.3 is 15.3 Å². The standard InChI is InChI=1S/C5H10O5/c6-3-5(8)4(7)1-2-9-10-5/h4,6-8H,1-3H2. The largest absolute Gasteiger partial charge is 0.391 e. The molecule has 0 aromatic carbocycles. The second kappa shape index (κ2) is 2.81. The summed E-state index contributed by atoms with van der Waals surface area (Å²) in [5.41, 5.74) is 0. The van der Waals surface area contributed by atoms with Crippen molar-refractivity contribution in [2.75, 3.05) is 13.2 Å². The molecule has 1 aliphatic heterocycles. The molecule has 3 N–H and O–H groups in total. The molecular weight excluding hydrogens is 140 g/mol. The van der Waals surface area contributed by atoms with Crippen molar-refractivity contribution in [1.29, 1.82) is 0 Å². The first kappa shape index (κ1) is 7.90. The van der Waals surface area contributed by atoms with Gasteiger partial charge in [-0.1, -0.05) is 0 Å². The third-order valence-electron chi connectivity index (χ3n) is 1.43. The highest BCUT2D eigenvalue weighted by atomic mass is 17.2. The Hall–Kier alpha value is -0.200. The Kier molecular flexibility index (Phi) is 2.22. The van der Waals surface area contributed by atoms with Gasteiger partial charge in [0.1, 0.15) is 12.7 Å². The van der Waals surface area contributed by atoms with E-state index in [4.69, 9.17) is 15.3 Å². The molecule has 0 aliphatic carbocycles. The minimum atomic E-state index is -1.93. The molecule has 0 aromatic rings. The predicted octanol–water partition coefficient (Wildman–Crippen LogP) is -1.62. The molecule has 0 saturated carbocycles. The Morgan fingerprint density at radius 1 is 1.60 bits per heavy atom. The maximum atomic E-state index is 9.10. The van der Waals surface area contributed by atoms with Gasteiger partial charge in [-0.3, -0.25) is 0 Å². The Balaban J connectivity index is 2.54. The van der Waals surface area contributed by atoms with Crippen LogP contribution in [-0.4, -0.2) is 40.4 Å². The molecule has 2 atom stereocenters. The maximum absolute atomic E-state index is 9.10. The zero-order valence-electron chi connectivity index (χ0n) is 5.36. The molecule has 0 spiro atoms. The molecule has 0 bridgehead atoms. The molecular formula is C5H10O5. The zero-order chi connectivity index (χ0) is 7.61. The van der Waals surface area contributed by atoms with E-state index in [0.29, 0.717) is 0 Å². The summed E-state index contributed by atoms with van der Waals surface area (Å²) in [6.07, 6.45) is -0.817. The molecule has 0 radical (unpaired) electrons. The summed E-state index contributed by atoms with van der Waals surface area (Å²) >= 11 is 0. The van der Waals surface area contributed by atoms with Crippen molar-refractivity contribution in [3.8, 4) is 0 Å². The lowest BCUT2D eigenvalue weighted by atomic mass is 10.1. The third kappa shape index (κ3) is 1.28. The van der Waals surface area contributed by atoms with Crippen LogP contribution in [0.4, 0.5) is 0 Å². The van der Waals surface area contributed by atoms with Gasteiger partial charge in [0.2, 0.25) is 5.79 Å². The van der Waals surface area contributed by atoms with Crippen molar-refractivity contribution in [3.63, 3.8) is 0 Å². The minimum absolute atomic E-state index is 0.226. The van der Waals surface area contributed by atoms with Gasteiger partial charge in [-0.15, -0.1) is 0 Å². The lowest BCUT2D eigenvalue weighted by Crippen LogP contribution is -2.51. The lowest BCUT2D eigenvalue weighted by Gasteiger charge is -2.32. The van der Waals surface area contributed by atoms with Gasteiger partial charge in [0.15, 0.2) is 0 Å². The van der Waals surface area contributed by atoms with Crippen LogP contribution in [0.15, 0.2) is 0 Å². The Labute approximate surface area is 57.7 Å². The van der Waals surface area contributed by atoms with E-state index in [1.807, 2.05) is 0 Å². The van der Waals surface area contributed by atoms with Crippen molar-refractivity contribution in [2.45, 2.75) is 18.3 Å². The van der Waals surface area contributed by atoms with E-state index in [2.05, 4.69) is 9.78 Å². The van der Waals surface area contributed by atoms with Gasteiger partial charge in [-0.2, -0.15) is 4.89 Å². The number of aliphatic hydroxyl groups excluding tert-OH is 2. The first-order valence-corrected chi connectivity index (χ1v) is 3.01. The van der Waals surface area contributed by atoms with Crippen molar-refractivity contribution in [2.24, 2.45) is 0 Å². The number of hydrogen-bond donors (Lipinski definition) is 3. The Morgan fingerprint density at radius 3 is 2.70 bits per heavy atom. The minimum Gasteiger partial charge on any atom is -0.391 e. The van der Waals surface area contributed by atoms with Crippen LogP contribution in [0.3, 0.4) is 0 Å². The van der Waals surface area contributed by atoms with Crippen LogP contribution in [0.1, 0.15) is 6.42 Å². The Morgan fingerprint density at radius 2 is 2.30 bits per heavy atom. The number of aliphatic hydroxyl groups is 3. The van der Waals surface area contributed by atoms with Crippen LogP contribution in [0.5, 0.6) is 0 Å². The molecule has 1 aliphatic rings. The monoisotopic (exact) mass is 150 g/mol. The van der Waals surface area contributed by atoms with Crippen LogP contribution in [-0.2, 0) is 9.78 Å². The number of hydrogen-bond acceptors (Lipinski definition) is 5. The highest BCUT2D eigenvalue weighted by molar-refractivity contribution is 4.76. The fourth-order valence-corrected chi connectivity index (χ4v) is 0.716. The molecule has 1 heterocycles. The van der Waals surface area contributed by atoms with Crippen molar-refractivity contribution >= 4 is 0 Å². The molecule has 5 heteroatoms. The molecule has 2 unspecified atom stereocenters. The van der Waals surface area contributed by atoms with Crippen LogP contribution >= 0.6 is 0 Å². The second-order valence-electron chi connectivity index (χ2n) is 2.21. The summed E-state index contributed by atoms with van der Waals surface area (Å²) in [5.74, 6) is -1.93. The average Bonchev–Trinajstić information content (AvgIpc) is 1.96. The van der Waals surface area contributed by atoms with Gasteiger partial charge in [-0.05, 0) is 0 Å². The summed E-state index contributed by atoms with van der Waals surface area (Å²) in [6, 6.07) is 0. The summed E-state index contributed by atoms with van der Waals surface area (Å²) in [5, 5.41) is 26.6. The van der Waals surface area contributed by atoms with E-state index >= 15 is 0 Å². The molecule has 0 aromatic heterocycles. The van der Waals surface area contributed by atoms with Gasteiger partial charge in [0.25, 0.3) is 0 Å². The first-order valence-electron chi connectivity index (χ1n) is 3.01. The molecule has 5 nitrogen and oxygen atoms in total. The van der Waals surface area contributed by atoms with E-state index in [1.165, 1.54) is 0 Å². The molecule has 1 fully saturated rings. The summed E-state index contributed by atoms with van der Waals surface area (Å²) in [4.78, 5) is 8.66. The average molecular weight is 150 g/mol. The molecule has 1 saturated heterocycles. The predicted molar refractivity (Wildman–Crippen MR) is 29.7 cm³/mol. The van der Waals surface area contributed by atoms with Gasteiger partial charge in [-0.25, -0.2) is 4.89 Å². The van der Waals surface area contributed by atoms with E-state index in [-0.39, 0.29) is 13.0 Å². The van der Waals surface area contributed by atoms with E-state index in [0.717, 1.165) is 0 Å². The van der Waals surface area contributed by atoms with Crippen LogP contribution in [0.2, 0.25) is 0 Å². The van der Waals surface area contributed by atoms with Gasteiger partial charge in [0.05, 0.1) is 6.61 Å².